The lowest BCUT2D eigenvalue weighted by Crippen LogP contribution is -2.33. The van der Waals surface area contributed by atoms with E-state index in [1.807, 2.05) is 12.2 Å². The molecule has 2 amide bonds. The van der Waals surface area contributed by atoms with Crippen molar-refractivity contribution in [1.82, 2.24) is 4.98 Å². The molecule has 4 atom stereocenters. The number of pyridine rings is 1. The molecule has 1 saturated carbocycles. The van der Waals surface area contributed by atoms with Gasteiger partial charge in [-0.05, 0) is 30.4 Å². The van der Waals surface area contributed by atoms with Crippen molar-refractivity contribution in [1.29, 1.82) is 0 Å². The summed E-state index contributed by atoms with van der Waals surface area (Å²) in [6.45, 7) is 0. The Balaban J connectivity index is 1.69. The quantitative estimate of drug-likeness (QED) is 0.649. The van der Waals surface area contributed by atoms with Crippen LogP contribution in [-0.2, 0) is 9.59 Å². The molecular formula is C15H12N2O4. The number of carboxylic acid groups (broad SMARTS) is 1. The van der Waals surface area contributed by atoms with E-state index in [4.69, 9.17) is 5.11 Å². The Labute approximate surface area is 120 Å². The van der Waals surface area contributed by atoms with Crippen molar-refractivity contribution < 1.29 is 19.5 Å². The number of imide groups is 1. The monoisotopic (exact) mass is 284 g/mol. The number of rotatable bonds is 2. The van der Waals surface area contributed by atoms with Gasteiger partial charge in [0.1, 0.15) is 5.82 Å². The average molecular weight is 284 g/mol. The van der Waals surface area contributed by atoms with Crippen LogP contribution in [0.2, 0.25) is 0 Å². The molecule has 4 rings (SSSR count). The van der Waals surface area contributed by atoms with Crippen LogP contribution in [0.4, 0.5) is 5.82 Å². The van der Waals surface area contributed by atoms with Crippen molar-refractivity contribution >= 4 is 23.6 Å². The zero-order chi connectivity index (χ0) is 14.7. The Hall–Kier alpha value is -2.50. The fourth-order valence-corrected chi connectivity index (χ4v) is 3.77. The number of amides is 2. The lowest BCUT2D eigenvalue weighted by Gasteiger charge is -2.16. The third kappa shape index (κ3) is 1.53. The van der Waals surface area contributed by atoms with E-state index in [1.54, 1.807) is 0 Å². The van der Waals surface area contributed by atoms with E-state index < -0.39 is 5.97 Å². The summed E-state index contributed by atoms with van der Waals surface area (Å²) in [6.07, 6.45) is 6.11. The molecule has 21 heavy (non-hydrogen) atoms. The minimum atomic E-state index is -1.09. The van der Waals surface area contributed by atoms with Crippen molar-refractivity contribution in [3.63, 3.8) is 0 Å². The van der Waals surface area contributed by atoms with E-state index in [9.17, 15) is 14.4 Å². The van der Waals surface area contributed by atoms with Gasteiger partial charge in [0.25, 0.3) is 0 Å². The molecule has 0 aromatic carbocycles. The molecule has 4 unspecified atom stereocenters. The Kier molecular flexibility index (Phi) is 2.34. The molecule has 1 N–H and O–H groups in total. The molecule has 2 heterocycles. The van der Waals surface area contributed by atoms with Crippen LogP contribution >= 0.6 is 0 Å². The summed E-state index contributed by atoms with van der Waals surface area (Å²) in [5.41, 5.74) is 0.0276. The van der Waals surface area contributed by atoms with E-state index in [-0.39, 0.29) is 46.9 Å². The summed E-state index contributed by atoms with van der Waals surface area (Å²) < 4.78 is 0. The van der Waals surface area contributed by atoms with Crippen LogP contribution in [0.25, 0.3) is 0 Å². The molecule has 6 nitrogen and oxygen atoms in total. The van der Waals surface area contributed by atoms with Crippen LogP contribution in [-0.4, -0.2) is 27.9 Å². The highest BCUT2D eigenvalue weighted by Crippen LogP contribution is 2.52. The van der Waals surface area contributed by atoms with Gasteiger partial charge < -0.3 is 5.11 Å². The molecule has 1 aromatic rings. The molecule has 1 aliphatic heterocycles. The van der Waals surface area contributed by atoms with Gasteiger partial charge >= 0.3 is 5.97 Å². The van der Waals surface area contributed by atoms with E-state index >= 15 is 0 Å². The maximum atomic E-state index is 12.5. The molecule has 106 valence electrons. The summed E-state index contributed by atoms with van der Waals surface area (Å²) >= 11 is 0. The Morgan fingerprint density at radius 2 is 1.76 bits per heavy atom. The third-order valence-corrected chi connectivity index (χ3v) is 4.69. The number of hydrogen-bond acceptors (Lipinski definition) is 4. The summed E-state index contributed by atoms with van der Waals surface area (Å²) in [4.78, 5) is 40.9. The molecule has 2 bridgehead atoms. The zero-order valence-corrected chi connectivity index (χ0v) is 11.0. The first kappa shape index (κ1) is 12.3. The first-order chi connectivity index (χ1) is 10.1. The smallest absolute Gasteiger partial charge is 0.337 e. The second-order valence-electron chi connectivity index (χ2n) is 5.72. The number of carboxylic acids is 1. The van der Waals surface area contributed by atoms with Crippen LogP contribution in [0, 0.1) is 23.7 Å². The average Bonchev–Trinajstić information content (AvgIpc) is 3.13. The van der Waals surface area contributed by atoms with Crippen molar-refractivity contribution in [2.45, 2.75) is 6.42 Å². The van der Waals surface area contributed by atoms with Crippen molar-refractivity contribution in [2.75, 3.05) is 4.90 Å². The molecule has 0 radical (unpaired) electrons. The minimum Gasteiger partial charge on any atom is -0.478 e. The number of hydrogen-bond donors (Lipinski definition) is 1. The Bertz CT molecular complexity index is 664. The standard InChI is InChI=1S/C15H12N2O4/c18-13-11-7-1-2-8(5-7)12(11)14(19)17(13)10-4-3-9(6-16-10)15(20)21/h1-4,6-8,11-12H,5H2,(H,20,21). The molecule has 0 spiro atoms. The number of aromatic nitrogens is 1. The minimum absolute atomic E-state index is 0.0276. The molecule has 2 aliphatic carbocycles. The Morgan fingerprint density at radius 3 is 2.24 bits per heavy atom. The molecule has 2 fully saturated rings. The summed E-state index contributed by atoms with van der Waals surface area (Å²) in [5.74, 6) is -1.53. The summed E-state index contributed by atoms with van der Waals surface area (Å²) in [7, 11) is 0. The second kappa shape index (κ2) is 4.00. The lowest BCUT2D eigenvalue weighted by atomic mass is 9.85. The van der Waals surface area contributed by atoms with Gasteiger partial charge in [-0.25, -0.2) is 14.7 Å². The van der Waals surface area contributed by atoms with E-state index in [0.29, 0.717) is 0 Å². The number of fused-ring (bicyclic) bond motifs is 5. The highest BCUT2D eigenvalue weighted by atomic mass is 16.4. The highest BCUT2D eigenvalue weighted by molar-refractivity contribution is 6.22. The number of anilines is 1. The van der Waals surface area contributed by atoms with Crippen LogP contribution in [0.3, 0.4) is 0 Å². The van der Waals surface area contributed by atoms with Crippen molar-refractivity contribution in [2.24, 2.45) is 23.7 Å². The number of carbonyl (C=O) groups excluding carboxylic acids is 2. The van der Waals surface area contributed by atoms with Gasteiger partial charge in [0, 0.05) is 6.20 Å². The summed E-state index contributed by atoms with van der Waals surface area (Å²) in [6, 6.07) is 2.77. The number of carbonyl (C=O) groups is 3. The molecule has 6 heteroatoms. The van der Waals surface area contributed by atoms with Crippen molar-refractivity contribution in [3.05, 3.63) is 36.0 Å². The predicted octanol–water partition coefficient (Wildman–Crippen LogP) is 1.09. The molecular weight excluding hydrogens is 272 g/mol. The molecule has 3 aliphatic rings. The fourth-order valence-electron chi connectivity index (χ4n) is 3.77. The van der Waals surface area contributed by atoms with Crippen LogP contribution in [0.1, 0.15) is 16.8 Å². The summed E-state index contributed by atoms with van der Waals surface area (Å²) in [5, 5.41) is 8.86. The fraction of sp³-hybridized carbons (Fsp3) is 0.333. The van der Waals surface area contributed by atoms with E-state index in [1.165, 1.54) is 18.3 Å². The van der Waals surface area contributed by atoms with E-state index in [2.05, 4.69) is 4.98 Å². The zero-order valence-electron chi connectivity index (χ0n) is 11.0. The number of aromatic carboxylic acids is 1. The topological polar surface area (TPSA) is 87.6 Å². The maximum absolute atomic E-state index is 12.5. The number of allylic oxidation sites excluding steroid dienone is 2. The maximum Gasteiger partial charge on any atom is 0.337 e. The van der Waals surface area contributed by atoms with Gasteiger partial charge in [0.15, 0.2) is 0 Å². The van der Waals surface area contributed by atoms with Gasteiger partial charge in [0.2, 0.25) is 11.8 Å². The molecule has 1 saturated heterocycles. The van der Waals surface area contributed by atoms with Crippen LogP contribution < -0.4 is 4.90 Å². The normalized spacial score (nSPS) is 32.9. The lowest BCUT2D eigenvalue weighted by molar-refractivity contribution is -0.123. The van der Waals surface area contributed by atoms with E-state index in [0.717, 1.165) is 11.3 Å². The Morgan fingerprint density at radius 1 is 1.14 bits per heavy atom. The predicted molar refractivity (Wildman–Crippen MR) is 71.4 cm³/mol. The molecule has 1 aromatic heterocycles. The van der Waals surface area contributed by atoms with Gasteiger partial charge in [-0.3, -0.25) is 9.59 Å². The van der Waals surface area contributed by atoms with Gasteiger partial charge in [-0.2, -0.15) is 0 Å². The van der Waals surface area contributed by atoms with Crippen molar-refractivity contribution in [3.8, 4) is 0 Å². The van der Waals surface area contributed by atoms with Crippen LogP contribution in [0.5, 0.6) is 0 Å². The highest BCUT2D eigenvalue weighted by Gasteiger charge is 2.59. The number of nitrogens with zero attached hydrogens (tertiary/aromatic N) is 2. The largest absolute Gasteiger partial charge is 0.478 e. The second-order valence-corrected chi connectivity index (χ2v) is 5.72. The third-order valence-electron chi connectivity index (χ3n) is 4.69. The van der Waals surface area contributed by atoms with Gasteiger partial charge in [-0.15, -0.1) is 0 Å². The first-order valence-electron chi connectivity index (χ1n) is 6.83. The van der Waals surface area contributed by atoms with Gasteiger partial charge in [0.05, 0.1) is 17.4 Å². The van der Waals surface area contributed by atoms with Crippen LogP contribution in [0.15, 0.2) is 30.5 Å². The van der Waals surface area contributed by atoms with Gasteiger partial charge in [-0.1, -0.05) is 12.2 Å². The first-order valence-corrected chi connectivity index (χ1v) is 6.83. The SMILES string of the molecule is O=C(O)c1ccc(N2C(=O)C3C4C=CC(C4)C3C2=O)nc1.